The Morgan fingerprint density at radius 2 is 1.67 bits per heavy atom. The quantitative estimate of drug-likeness (QED) is 0.593. The number of halogens is 8. The van der Waals surface area contributed by atoms with Crippen LogP contribution in [0.3, 0.4) is 0 Å². The van der Waals surface area contributed by atoms with Gasteiger partial charge in [0.05, 0.1) is 0 Å². The molecule has 2 bridgehead atoms. The van der Waals surface area contributed by atoms with Gasteiger partial charge in [0.25, 0.3) is 11.5 Å². The van der Waals surface area contributed by atoms with E-state index in [1.54, 1.807) is 0 Å². The van der Waals surface area contributed by atoms with Crippen LogP contribution in [0.25, 0.3) is 0 Å². The fourth-order valence-electron chi connectivity index (χ4n) is 3.27. The van der Waals surface area contributed by atoms with E-state index >= 15 is 0 Å². The second-order valence-corrected chi connectivity index (χ2v) is 5.88. The molecule has 0 heterocycles. The fraction of sp³-hybridized carbons (Fsp3) is 0.769. The fourth-order valence-corrected chi connectivity index (χ4v) is 3.27. The Morgan fingerprint density at radius 3 is 2.04 bits per heavy atom. The van der Waals surface area contributed by atoms with Gasteiger partial charge in [0.15, 0.2) is 0 Å². The first-order chi connectivity index (χ1) is 10.7. The van der Waals surface area contributed by atoms with Gasteiger partial charge in [-0.2, -0.15) is 26.3 Å². The highest BCUT2D eigenvalue weighted by Crippen LogP contribution is 2.60. The molecule has 0 aromatic carbocycles. The van der Waals surface area contributed by atoms with Gasteiger partial charge in [-0.3, -0.25) is 0 Å². The zero-order chi connectivity index (χ0) is 18.6. The Labute approximate surface area is 130 Å². The number of allylic oxidation sites excluding steroid dienone is 2. The summed E-state index contributed by atoms with van der Waals surface area (Å²) in [6, 6.07) is 0. The molecule has 0 spiro atoms. The molecule has 11 heteroatoms. The Balaban J connectivity index is 2.42. The molecule has 2 aliphatic carbocycles. The van der Waals surface area contributed by atoms with Crippen molar-refractivity contribution in [2.75, 3.05) is 6.61 Å². The van der Waals surface area contributed by atoms with Crippen molar-refractivity contribution in [1.82, 2.24) is 0 Å². The second-order valence-electron chi connectivity index (χ2n) is 5.88. The molecule has 1 N–H and O–H groups in total. The maximum atomic E-state index is 14.1. The molecular weight excluding hydrogens is 356 g/mol. The predicted octanol–water partition coefficient (Wildman–Crippen LogP) is 3.80. The number of rotatable bonds is 5. The number of aliphatic carboxylic acids is 1. The van der Waals surface area contributed by atoms with Gasteiger partial charge in [-0.05, 0) is 12.3 Å². The van der Waals surface area contributed by atoms with E-state index in [1.165, 1.54) is 6.08 Å². The van der Waals surface area contributed by atoms with Gasteiger partial charge < -0.3 is 9.84 Å². The molecule has 0 amide bonds. The number of hydrogen-bond acceptors (Lipinski definition) is 2. The summed E-state index contributed by atoms with van der Waals surface area (Å²) >= 11 is 0. The van der Waals surface area contributed by atoms with Crippen molar-refractivity contribution >= 4 is 5.97 Å². The van der Waals surface area contributed by atoms with E-state index in [-0.39, 0.29) is 6.42 Å². The molecule has 0 aromatic rings. The molecule has 0 aliphatic heterocycles. The lowest BCUT2D eigenvalue weighted by molar-refractivity contribution is -0.387. The summed E-state index contributed by atoms with van der Waals surface area (Å²) in [5.74, 6) is -10.7. The molecule has 1 saturated carbocycles. The van der Waals surface area contributed by atoms with Crippen molar-refractivity contribution < 1.29 is 49.8 Å². The summed E-state index contributed by atoms with van der Waals surface area (Å²) in [6.07, 6.45) is -12.3. The van der Waals surface area contributed by atoms with Crippen LogP contribution < -0.4 is 0 Å². The third-order valence-electron chi connectivity index (χ3n) is 4.49. The number of carboxylic acid groups (broad SMARTS) is 1. The van der Waals surface area contributed by atoms with E-state index in [2.05, 4.69) is 4.74 Å². The summed E-state index contributed by atoms with van der Waals surface area (Å²) < 4.78 is 111. The Bertz CT molecular complexity index is 522. The number of carboxylic acids is 1. The number of ether oxygens (including phenoxy) is 1. The lowest BCUT2D eigenvalue weighted by atomic mass is 9.79. The number of fused-ring (bicyclic) bond motifs is 2. The first-order valence-electron chi connectivity index (χ1n) is 6.77. The highest BCUT2D eigenvalue weighted by molar-refractivity contribution is 5.68. The highest BCUT2D eigenvalue weighted by Gasteiger charge is 2.75. The minimum absolute atomic E-state index is 0.248. The molecule has 138 valence electrons. The van der Waals surface area contributed by atoms with Crippen LogP contribution in [0.15, 0.2) is 12.2 Å². The van der Waals surface area contributed by atoms with Gasteiger partial charge in [-0.1, -0.05) is 12.2 Å². The molecule has 2 rings (SSSR count). The molecule has 0 radical (unpaired) electrons. The lowest BCUT2D eigenvalue weighted by Crippen LogP contribution is -2.61. The van der Waals surface area contributed by atoms with E-state index < -0.39 is 60.6 Å². The molecule has 3 atom stereocenters. The van der Waals surface area contributed by atoms with Crippen molar-refractivity contribution in [2.45, 2.75) is 36.7 Å². The second kappa shape index (κ2) is 5.57. The summed E-state index contributed by atoms with van der Waals surface area (Å²) in [7, 11) is 0. The molecule has 3 nitrogen and oxygen atoms in total. The maximum absolute atomic E-state index is 14.1. The van der Waals surface area contributed by atoms with Crippen molar-refractivity contribution in [3.05, 3.63) is 12.2 Å². The van der Waals surface area contributed by atoms with Gasteiger partial charge in [0.2, 0.25) is 0 Å². The van der Waals surface area contributed by atoms with Crippen molar-refractivity contribution in [3.63, 3.8) is 0 Å². The van der Waals surface area contributed by atoms with Gasteiger partial charge in [0.1, 0.15) is 6.61 Å². The summed E-state index contributed by atoms with van der Waals surface area (Å²) in [5.41, 5.74) is -4.97. The first kappa shape index (κ1) is 18.9. The Kier molecular flexibility index (Phi) is 4.39. The SMILES string of the molecule is O=C(O)COC(CC1C2C=CC(C2)C1(F)F)(C(F)(F)F)C(F)(F)F. The van der Waals surface area contributed by atoms with Crippen molar-refractivity contribution in [1.29, 1.82) is 0 Å². The highest BCUT2D eigenvalue weighted by atomic mass is 19.4. The van der Waals surface area contributed by atoms with Gasteiger partial charge >= 0.3 is 18.3 Å². The standard InChI is InChI=1S/C13H12F8O3/c14-11(15)7-2-1-6(3-7)8(11)4-10(12(16,17)18,13(19,20)21)24-5-9(22)23/h1-2,6-8H,3-5H2,(H,22,23). The normalized spacial score (nSPS) is 29.2. The average molecular weight is 368 g/mol. The molecule has 1 fully saturated rings. The van der Waals surface area contributed by atoms with Crippen LogP contribution in [-0.2, 0) is 9.53 Å². The van der Waals surface area contributed by atoms with E-state index in [0.29, 0.717) is 0 Å². The van der Waals surface area contributed by atoms with Gasteiger partial charge in [0, 0.05) is 18.3 Å². The maximum Gasteiger partial charge on any atom is 0.426 e. The van der Waals surface area contributed by atoms with E-state index in [1.807, 2.05) is 0 Å². The first-order valence-corrected chi connectivity index (χ1v) is 6.77. The van der Waals surface area contributed by atoms with E-state index in [4.69, 9.17) is 5.11 Å². The minimum Gasteiger partial charge on any atom is -0.480 e. The van der Waals surface area contributed by atoms with Crippen LogP contribution in [0, 0.1) is 17.8 Å². The topological polar surface area (TPSA) is 46.5 Å². The zero-order valence-electron chi connectivity index (χ0n) is 11.8. The molecular formula is C13H12F8O3. The number of alkyl halides is 8. The van der Waals surface area contributed by atoms with Crippen LogP contribution in [0.5, 0.6) is 0 Å². The summed E-state index contributed by atoms with van der Waals surface area (Å²) in [5, 5.41) is 8.36. The van der Waals surface area contributed by atoms with Crippen molar-refractivity contribution in [2.24, 2.45) is 17.8 Å². The largest absolute Gasteiger partial charge is 0.480 e. The molecule has 3 unspecified atom stereocenters. The average Bonchev–Trinajstić information content (AvgIpc) is 2.91. The minimum atomic E-state index is -6.11. The third-order valence-corrected chi connectivity index (χ3v) is 4.49. The van der Waals surface area contributed by atoms with Crippen LogP contribution in [0.1, 0.15) is 12.8 Å². The Hall–Kier alpha value is -1.39. The molecule has 2 aliphatic rings. The smallest absolute Gasteiger partial charge is 0.426 e. The number of carbonyl (C=O) groups is 1. The van der Waals surface area contributed by atoms with E-state index in [9.17, 15) is 39.9 Å². The number of hydrogen-bond donors (Lipinski definition) is 1. The van der Waals surface area contributed by atoms with Crippen LogP contribution in [-0.4, -0.2) is 41.6 Å². The van der Waals surface area contributed by atoms with Crippen molar-refractivity contribution in [3.8, 4) is 0 Å². The summed E-state index contributed by atoms with van der Waals surface area (Å²) in [6.45, 7) is -1.92. The molecule has 0 saturated heterocycles. The Morgan fingerprint density at radius 1 is 1.12 bits per heavy atom. The van der Waals surface area contributed by atoms with Crippen LogP contribution >= 0.6 is 0 Å². The molecule has 0 aromatic heterocycles. The zero-order valence-corrected chi connectivity index (χ0v) is 11.8. The monoisotopic (exact) mass is 368 g/mol. The van der Waals surface area contributed by atoms with Gasteiger partial charge in [-0.25, -0.2) is 13.6 Å². The van der Waals surface area contributed by atoms with E-state index in [0.717, 1.165) is 6.08 Å². The third kappa shape index (κ3) is 2.86. The molecule has 24 heavy (non-hydrogen) atoms. The lowest BCUT2D eigenvalue weighted by Gasteiger charge is -2.40. The van der Waals surface area contributed by atoms with Crippen LogP contribution in [0.2, 0.25) is 0 Å². The summed E-state index contributed by atoms with van der Waals surface area (Å²) in [4.78, 5) is 10.4. The predicted molar refractivity (Wildman–Crippen MR) is 62.2 cm³/mol. The van der Waals surface area contributed by atoms with Gasteiger partial charge in [-0.15, -0.1) is 0 Å². The van der Waals surface area contributed by atoms with Crippen LogP contribution in [0.4, 0.5) is 35.1 Å².